The number of rotatable bonds is 7. The Kier molecular flexibility index (Phi) is 5.12. The van der Waals surface area contributed by atoms with Crippen molar-refractivity contribution >= 4 is 17.7 Å². The molecule has 2 aromatic rings. The molecule has 1 amide bonds. The molecule has 0 spiro atoms. The topological polar surface area (TPSA) is 41.6 Å². The van der Waals surface area contributed by atoms with Crippen molar-refractivity contribution in [3.05, 3.63) is 65.7 Å². The average Bonchev–Trinajstić information content (AvgIpc) is 3.15. The highest BCUT2D eigenvalue weighted by atomic mass is 16.5. The van der Waals surface area contributed by atoms with Crippen LogP contribution in [0.1, 0.15) is 51.2 Å². The van der Waals surface area contributed by atoms with Crippen molar-refractivity contribution in [3.8, 4) is 5.75 Å². The van der Waals surface area contributed by atoms with Gasteiger partial charge in [-0.2, -0.15) is 0 Å². The summed E-state index contributed by atoms with van der Waals surface area (Å²) in [5.41, 5.74) is 2.58. The Balaban J connectivity index is 1.67. The predicted molar refractivity (Wildman–Crippen MR) is 118 cm³/mol. The summed E-state index contributed by atoms with van der Waals surface area (Å²) in [5, 5.41) is 3.28. The van der Waals surface area contributed by atoms with E-state index in [2.05, 4.69) is 67.4 Å². The second-order valence-corrected chi connectivity index (χ2v) is 8.47. The number of carbonyl (C=O) groups excluding carboxylic acids is 1. The maximum absolute atomic E-state index is 12.4. The first-order valence-corrected chi connectivity index (χ1v) is 10.6. The third-order valence-electron chi connectivity index (χ3n) is 6.31. The van der Waals surface area contributed by atoms with Crippen LogP contribution in [0.3, 0.4) is 0 Å². The fourth-order valence-corrected chi connectivity index (χ4v) is 4.63. The molecule has 0 unspecified atom stereocenters. The van der Waals surface area contributed by atoms with Crippen molar-refractivity contribution in [3.63, 3.8) is 0 Å². The van der Waals surface area contributed by atoms with E-state index in [1.54, 1.807) is 0 Å². The minimum Gasteiger partial charge on any atom is -0.493 e. The highest BCUT2D eigenvalue weighted by molar-refractivity contribution is 5.91. The van der Waals surface area contributed by atoms with E-state index in [-0.39, 0.29) is 11.3 Å². The maximum Gasteiger partial charge on any atom is 0.241 e. The van der Waals surface area contributed by atoms with Gasteiger partial charge in [0.2, 0.25) is 5.91 Å². The lowest BCUT2D eigenvalue weighted by molar-refractivity contribution is -0.118. The highest BCUT2D eigenvalue weighted by Crippen LogP contribution is 2.52. The van der Waals surface area contributed by atoms with Crippen LogP contribution in [0.5, 0.6) is 5.75 Å². The van der Waals surface area contributed by atoms with E-state index >= 15 is 0 Å². The van der Waals surface area contributed by atoms with Crippen molar-refractivity contribution < 1.29 is 9.53 Å². The molecule has 4 rings (SSSR count). The van der Waals surface area contributed by atoms with E-state index in [9.17, 15) is 4.79 Å². The SMILES string of the molecule is CCCCCOc1ccccc1/C=C/[C@@]12NC(=O)CN1c1ccccc1C2(C)C. The van der Waals surface area contributed by atoms with E-state index < -0.39 is 5.66 Å². The molecule has 2 heterocycles. The first kappa shape index (κ1) is 19.6. The van der Waals surface area contributed by atoms with Crippen molar-refractivity contribution in [2.24, 2.45) is 0 Å². The zero-order valence-corrected chi connectivity index (χ0v) is 17.6. The normalized spacial score (nSPS) is 21.9. The van der Waals surface area contributed by atoms with Crippen molar-refractivity contribution in [2.45, 2.75) is 51.1 Å². The molecular weight excluding hydrogens is 360 g/mol. The molecule has 1 atom stereocenters. The number of hydrogen-bond acceptors (Lipinski definition) is 3. The van der Waals surface area contributed by atoms with Gasteiger partial charge in [0.15, 0.2) is 0 Å². The second-order valence-electron chi connectivity index (χ2n) is 8.47. The number of benzene rings is 2. The van der Waals surface area contributed by atoms with Crippen LogP contribution in [-0.2, 0) is 10.2 Å². The van der Waals surface area contributed by atoms with Gasteiger partial charge in [-0.3, -0.25) is 4.79 Å². The van der Waals surface area contributed by atoms with Gasteiger partial charge in [-0.15, -0.1) is 0 Å². The van der Waals surface area contributed by atoms with Crippen molar-refractivity contribution in [2.75, 3.05) is 18.1 Å². The summed E-state index contributed by atoms with van der Waals surface area (Å²) in [7, 11) is 0. The average molecular weight is 391 g/mol. The standard InChI is InChI=1S/C25H30N2O2/c1-4-5-10-17-29-22-14-9-6-11-19(22)15-16-25-24(2,3)20-12-7-8-13-21(20)27(25)18-23(28)26-25/h6-9,11-16H,4-5,10,17-18H2,1-3H3,(H,26,28)/b16-15+/t25-/m1/s1. The van der Waals surface area contributed by atoms with Crippen LogP contribution in [0.25, 0.3) is 6.08 Å². The lowest BCUT2D eigenvalue weighted by atomic mass is 9.75. The summed E-state index contributed by atoms with van der Waals surface area (Å²) in [4.78, 5) is 14.6. The molecule has 4 heteroatoms. The minimum absolute atomic E-state index is 0.0568. The molecule has 1 saturated heterocycles. The summed E-state index contributed by atoms with van der Waals surface area (Å²) in [6.07, 6.45) is 7.66. The fraction of sp³-hybridized carbons (Fsp3) is 0.400. The largest absolute Gasteiger partial charge is 0.493 e. The molecule has 2 aliphatic rings. The summed E-state index contributed by atoms with van der Waals surface area (Å²) < 4.78 is 6.05. The van der Waals surface area contributed by atoms with E-state index in [4.69, 9.17) is 4.74 Å². The fourth-order valence-electron chi connectivity index (χ4n) is 4.63. The van der Waals surface area contributed by atoms with Crippen LogP contribution < -0.4 is 15.0 Å². The lowest BCUT2D eigenvalue weighted by Crippen LogP contribution is -2.58. The smallest absolute Gasteiger partial charge is 0.241 e. The Labute approximate surface area is 173 Å². The van der Waals surface area contributed by atoms with Crippen LogP contribution in [0.15, 0.2) is 54.6 Å². The first-order valence-electron chi connectivity index (χ1n) is 10.6. The summed E-state index contributed by atoms with van der Waals surface area (Å²) in [6, 6.07) is 16.5. The van der Waals surface area contributed by atoms with Crippen LogP contribution in [-0.4, -0.2) is 24.7 Å². The zero-order valence-electron chi connectivity index (χ0n) is 17.6. The van der Waals surface area contributed by atoms with Gasteiger partial charge in [-0.05, 0) is 30.2 Å². The van der Waals surface area contributed by atoms with E-state index in [1.165, 1.54) is 18.4 Å². The number of nitrogens with one attached hydrogen (secondary N) is 1. The number of para-hydroxylation sites is 2. The molecule has 2 aromatic carbocycles. The monoisotopic (exact) mass is 390 g/mol. The van der Waals surface area contributed by atoms with Gasteiger partial charge in [0.25, 0.3) is 0 Å². The number of unbranched alkanes of at least 4 members (excludes halogenated alkanes) is 2. The first-order chi connectivity index (χ1) is 14.0. The number of nitrogens with zero attached hydrogens (tertiary/aromatic N) is 1. The van der Waals surface area contributed by atoms with Gasteiger partial charge in [-0.25, -0.2) is 0 Å². The molecular formula is C25H30N2O2. The lowest BCUT2D eigenvalue weighted by Gasteiger charge is -2.40. The Morgan fingerprint density at radius 2 is 1.86 bits per heavy atom. The Bertz CT molecular complexity index is 934. The maximum atomic E-state index is 12.4. The number of carbonyl (C=O) groups is 1. The third kappa shape index (κ3) is 3.21. The van der Waals surface area contributed by atoms with Crippen LogP contribution >= 0.6 is 0 Å². The minimum atomic E-state index is -0.580. The molecule has 4 nitrogen and oxygen atoms in total. The molecule has 152 valence electrons. The Morgan fingerprint density at radius 1 is 1.10 bits per heavy atom. The highest BCUT2D eigenvalue weighted by Gasteiger charge is 2.59. The van der Waals surface area contributed by atoms with Crippen LogP contribution in [0, 0.1) is 0 Å². The molecule has 0 aliphatic carbocycles. The van der Waals surface area contributed by atoms with E-state index in [0.717, 1.165) is 30.0 Å². The van der Waals surface area contributed by atoms with Gasteiger partial charge in [0.05, 0.1) is 13.2 Å². The van der Waals surface area contributed by atoms with Crippen LogP contribution in [0.4, 0.5) is 5.69 Å². The van der Waals surface area contributed by atoms with Gasteiger partial charge in [0, 0.05) is 16.7 Å². The quantitative estimate of drug-likeness (QED) is 0.684. The summed E-state index contributed by atoms with van der Waals surface area (Å²) >= 11 is 0. The number of amides is 1. The van der Waals surface area contributed by atoms with Gasteiger partial charge >= 0.3 is 0 Å². The molecule has 0 saturated carbocycles. The summed E-state index contributed by atoms with van der Waals surface area (Å²) in [5.74, 6) is 0.946. The Morgan fingerprint density at radius 3 is 2.69 bits per heavy atom. The van der Waals surface area contributed by atoms with Gasteiger partial charge in [0.1, 0.15) is 11.4 Å². The summed E-state index contributed by atoms with van der Waals surface area (Å²) in [6.45, 7) is 7.70. The molecule has 1 fully saturated rings. The number of fused-ring (bicyclic) bond motifs is 3. The molecule has 29 heavy (non-hydrogen) atoms. The second kappa shape index (κ2) is 7.58. The van der Waals surface area contributed by atoms with Crippen molar-refractivity contribution in [1.29, 1.82) is 0 Å². The predicted octanol–water partition coefficient (Wildman–Crippen LogP) is 4.89. The number of hydrogen-bond donors (Lipinski definition) is 1. The molecule has 0 bridgehead atoms. The van der Waals surface area contributed by atoms with Crippen LogP contribution in [0.2, 0.25) is 0 Å². The third-order valence-corrected chi connectivity index (χ3v) is 6.31. The zero-order chi connectivity index (χ0) is 20.5. The molecule has 0 aromatic heterocycles. The van der Waals surface area contributed by atoms with Gasteiger partial charge < -0.3 is 15.0 Å². The molecule has 2 aliphatic heterocycles. The van der Waals surface area contributed by atoms with E-state index in [0.29, 0.717) is 6.54 Å². The molecule has 1 N–H and O–H groups in total. The number of anilines is 1. The van der Waals surface area contributed by atoms with Crippen molar-refractivity contribution in [1.82, 2.24) is 5.32 Å². The number of ether oxygens (including phenoxy) is 1. The Hall–Kier alpha value is -2.75. The molecule has 0 radical (unpaired) electrons. The van der Waals surface area contributed by atoms with Gasteiger partial charge in [-0.1, -0.05) is 76.1 Å². The van der Waals surface area contributed by atoms with E-state index in [1.807, 2.05) is 24.3 Å².